The number of carbonyl (C=O) groups is 1. The molecule has 0 spiro atoms. The van der Waals surface area contributed by atoms with E-state index in [1.165, 1.54) is 24.3 Å². The monoisotopic (exact) mass is 268 g/mol. The van der Waals surface area contributed by atoms with Crippen molar-refractivity contribution in [3.05, 3.63) is 57.8 Å². The van der Waals surface area contributed by atoms with Crippen LogP contribution in [0, 0.1) is 5.82 Å². The minimum absolute atomic E-state index is 0.176. The van der Waals surface area contributed by atoms with Crippen LogP contribution in [0.5, 0.6) is 0 Å². The van der Waals surface area contributed by atoms with Gasteiger partial charge in [-0.3, -0.25) is 4.79 Å². The fraction of sp³-hybridized carbons (Fsp3) is 0. The third-order valence-electron chi connectivity index (χ3n) is 2.37. The molecule has 0 amide bonds. The highest BCUT2D eigenvalue weighted by Crippen LogP contribution is 2.34. The lowest BCUT2D eigenvalue weighted by Crippen LogP contribution is -1.92. The van der Waals surface area contributed by atoms with Gasteiger partial charge in [0.25, 0.3) is 0 Å². The second-order valence-corrected chi connectivity index (χ2v) is 4.29. The maximum absolute atomic E-state index is 13.8. The molecule has 0 radical (unpaired) electrons. The molecule has 0 bridgehead atoms. The van der Waals surface area contributed by atoms with Gasteiger partial charge in [0, 0.05) is 26.7 Å². The van der Waals surface area contributed by atoms with Gasteiger partial charge in [-0.1, -0.05) is 35.3 Å². The quantitative estimate of drug-likeness (QED) is 0.727. The molecule has 0 unspecified atom stereocenters. The number of benzene rings is 2. The highest BCUT2D eigenvalue weighted by Gasteiger charge is 2.13. The molecule has 0 aliphatic rings. The lowest BCUT2D eigenvalue weighted by atomic mass is 10.00. The van der Waals surface area contributed by atoms with Gasteiger partial charge in [0.1, 0.15) is 5.82 Å². The molecule has 0 aliphatic heterocycles. The number of aldehydes is 1. The Kier molecular flexibility index (Phi) is 3.46. The Balaban J connectivity index is 2.75. The van der Waals surface area contributed by atoms with Crippen molar-refractivity contribution < 1.29 is 9.18 Å². The van der Waals surface area contributed by atoms with E-state index in [-0.39, 0.29) is 11.1 Å². The molecule has 17 heavy (non-hydrogen) atoms. The average molecular weight is 269 g/mol. The van der Waals surface area contributed by atoms with Gasteiger partial charge in [-0.15, -0.1) is 0 Å². The predicted octanol–water partition coefficient (Wildman–Crippen LogP) is 4.61. The van der Waals surface area contributed by atoms with E-state index in [1.54, 1.807) is 12.1 Å². The van der Waals surface area contributed by atoms with Crippen molar-refractivity contribution in [3.8, 4) is 11.1 Å². The second-order valence-electron chi connectivity index (χ2n) is 3.45. The molecule has 0 saturated carbocycles. The van der Waals surface area contributed by atoms with Crippen molar-refractivity contribution in [1.82, 2.24) is 0 Å². The zero-order valence-electron chi connectivity index (χ0n) is 8.58. The van der Waals surface area contributed by atoms with Gasteiger partial charge in [-0.2, -0.15) is 0 Å². The summed E-state index contributed by atoms with van der Waals surface area (Å²) in [6, 6.07) is 8.99. The molecule has 0 N–H and O–H groups in total. The maximum Gasteiger partial charge on any atom is 0.150 e. The minimum Gasteiger partial charge on any atom is -0.298 e. The Labute approximate surface area is 108 Å². The third kappa shape index (κ3) is 2.33. The van der Waals surface area contributed by atoms with Gasteiger partial charge >= 0.3 is 0 Å². The first-order valence-electron chi connectivity index (χ1n) is 4.82. The van der Waals surface area contributed by atoms with Gasteiger partial charge in [-0.25, -0.2) is 4.39 Å². The SMILES string of the molecule is O=Cc1cccc(F)c1-c1cc(Cl)ccc1Cl. The van der Waals surface area contributed by atoms with E-state index in [0.717, 1.165) is 0 Å². The normalized spacial score (nSPS) is 10.3. The second kappa shape index (κ2) is 4.86. The van der Waals surface area contributed by atoms with Crippen LogP contribution in [0.3, 0.4) is 0 Å². The summed E-state index contributed by atoms with van der Waals surface area (Å²) >= 11 is 11.8. The molecule has 2 aromatic carbocycles. The lowest BCUT2D eigenvalue weighted by molar-refractivity contribution is 0.112. The average Bonchev–Trinajstić information content (AvgIpc) is 2.32. The van der Waals surface area contributed by atoms with E-state index in [9.17, 15) is 9.18 Å². The lowest BCUT2D eigenvalue weighted by Gasteiger charge is -2.09. The molecular formula is C13H7Cl2FO. The smallest absolute Gasteiger partial charge is 0.150 e. The summed E-state index contributed by atoms with van der Waals surface area (Å²) in [5.74, 6) is -0.501. The molecule has 0 heterocycles. The van der Waals surface area contributed by atoms with Crippen LogP contribution in [0.25, 0.3) is 11.1 Å². The summed E-state index contributed by atoms with van der Waals surface area (Å²) in [4.78, 5) is 10.9. The van der Waals surface area contributed by atoms with Crippen molar-refractivity contribution in [2.45, 2.75) is 0 Å². The van der Waals surface area contributed by atoms with Crippen LogP contribution in [0.4, 0.5) is 4.39 Å². The summed E-state index contributed by atoms with van der Waals surface area (Å²) in [5, 5.41) is 0.784. The molecule has 4 heteroatoms. The molecule has 0 aromatic heterocycles. The van der Waals surface area contributed by atoms with Crippen molar-refractivity contribution >= 4 is 29.5 Å². The Morgan fingerprint density at radius 3 is 2.59 bits per heavy atom. The molecule has 0 fully saturated rings. The summed E-state index contributed by atoms with van der Waals surface area (Å²) in [7, 11) is 0. The van der Waals surface area contributed by atoms with Crippen molar-refractivity contribution in [1.29, 1.82) is 0 Å². The number of hydrogen-bond donors (Lipinski definition) is 0. The number of carbonyl (C=O) groups excluding carboxylic acids is 1. The molecule has 0 aliphatic carbocycles. The molecule has 2 rings (SSSR count). The molecule has 1 nitrogen and oxygen atoms in total. The van der Waals surface area contributed by atoms with Gasteiger partial charge < -0.3 is 0 Å². The molecule has 0 atom stereocenters. The van der Waals surface area contributed by atoms with E-state index >= 15 is 0 Å². The van der Waals surface area contributed by atoms with Crippen LogP contribution >= 0.6 is 23.2 Å². The molecule has 86 valence electrons. The summed E-state index contributed by atoms with van der Waals surface area (Å²) < 4.78 is 13.8. The summed E-state index contributed by atoms with van der Waals surface area (Å²) in [5.41, 5.74) is 0.837. The van der Waals surface area contributed by atoms with Crippen molar-refractivity contribution in [3.63, 3.8) is 0 Å². The molecule has 0 saturated heterocycles. The Hall–Kier alpha value is -1.38. The Morgan fingerprint density at radius 1 is 1.12 bits per heavy atom. The standard InChI is InChI=1S/C13H7Cl2FO/c14-9-4-5-11(15)10(6-9)13-8(7-17)2-1-3-12(13)16/h1-7H. The highest BCUT2D eigenvalue weighted by molar-refractivity contribution is 6.35. The van der Waals surface area contributed by atoms with Gasteiger partial charge in [0.2, 0.25) is 0 Å². The zero-order valence-corrected chi connectivity index (χ0v) is 10.1. The van der Waals surface area contributed by atoms with Crippen LogP contribution in [0.15, 0.2) is 36.4 Å². The van der Waals surface area contributed by atoms with Gasteiger partial charge in [0.05, 0.1) is 0 Å². The first-order valence-corrected chi connectivity index (χ1v) is 5.58. The Bertz CT molecular complexity index is 582. The van der Waals surface area contributed by atoms with E-state index in [1.807, 2.05) is 0 Å². The van der Waals surface area contributed by atoms with E-state index < -0.39 is 5.82 Å². The van der Waals surface area contributed by atoms with Crippen LogP contribution in [0.2, 0.25) is 10.0 Å². The first-order chi connectivity index (χ1) is 8.13. The van der Waals surface area contributed by atoms with Crippen molar-refractivity contribution in [2.75, 3.05) is 0 Å². The van der Waals surface area contributed by atoms with Gasteiger partial charge in [-0.05, 0) is 24.3 Å². The summed E-state index contributed by atoms with van der Waals surface area (Å²) in [6.07, 6.45) is 0.593. The highest BCUT2D eigenvalue weighted by atomic mass is 35.5. The van der Waals surface area contributed by atoms with E-state index in [2.05, 4.69) is 0 Å². The van der Waals surface area contributed by atoms with E-state index in [4.69, 9.17) is 23.2 Å². The largest absolute Gasteiger partial charge is 0.298 e. The molecular weight excluding hydrogens is 262 g/mol. The first kappa shape index (κ1) is 12.1. The number of halogens is 3. The Morgan fingerprint density at radius 2 is 1.88 bits per heavy atom. The summed E-state index contributed by atoms with van der Waals surface area (Å²) in [6.45, 7) is 0. The topological polar surface area (TPSA) is 17.1 Å². The molecule has 2 aromatic rings. The van der Waals surface area contributed by atoms with Gasteiger partial charge in [0.15, 0.2) is 6.29 Å². The van der Waals surface area contributed by atoms with Crippen LogP contribution < -0.4 is 0 Å². The zero-order chi connectivity index (χ0) is 12.4. The van der Waals surface area contributed by atoms with Crippen molar-refractivity contribution in [2.24, 2.45) is 0 Å². The maximum atomic E-state index is 13.8. The van der Waals surface area contributed by atoms with Crippen LogP contribution in [0.1, 0.15) is 10.4 Å². The third-order valence-corrected chi connectivity index (χ3v) is 2.94. The minimum atomic E-state index is -0.501. The van der Waals surface area contributed by atoms with E-state index in [0.29, 0.717) is 21.9 Å². The fourth-order valence-electron chi connectivity index (χ4n) is 1.61. The van der Waals surface area contributed by atoms with Crippen LogP contribution in [-0.2, 0) is 0 Å². The fourth-order valence-corrected chi connectivity index (χ4v) is 2.00. The number of rotatable bonds is 2. The predicted molar refractivity (Wildman–Crippen MR) is 67.2 cm³/mol. The number of hydrogen-bond acceptors (Lipinski definition) is 1. The van der Waals surface area contributed by atoms with Crippen LogP contribution in [-0.4, -0.2) is 6.29 Å².